The Kier molecular flexibility index (Phi) is 6.85. The summed E-state index contributed by atoms with van der Waals surface area (Å²) in [6.45, 7) is 3.04. The molecule has 0 aliphatic carbocycles. The third kappa shape index (κ3) is 5.31. The van der Waals surface area contributed by atoms with Gasteiger partial charge >= 0.3 is 0 Å². The zero-order chi connectivity index (χ0) is 19.1. The maximum atomic E-state index is 12.5. The third-order valence-electron chi connectivity index (χ3n) is 5.27. The van der Waals surface area contributed by atoms with Crippen molar-refractivity contribution in [1.29, 1.82) is 0 Å². The molecule has 3 rings (SSSR count). The van der Waals surface area contributed by atoms with E-state index in [-0.39, 0.29) is 5.91 Å². The minimum absolute atomic E-state index is 0.208. The lowest BCUT2D eigenvalue weighted by Gasteiger charge is -2.35. The normalized spacial score (nSPS) is 17.1. The van der Waals surface area contributed by atoms with Crippen LogP contribution in [-0.2, 0) is 24.1 Å². The molecular formula is C21H29N3O3. The van der Waals surface area contributed by atoms with E-state index in [9.17, 15) is 4.79 Å². The summed E-state index contributed by atoms with van der Waals surface area (Å²) in [5.74, 6) is 2.23. The van der Waals surface area contributed by atoms with Crippen LogP contribution in [-0.4, -0.2) is 40.7 Å². The Morgan fingerprint density at radius 3 is 2.59 bits per heavy atom. The molecule has 0 radical (unpaired) electrons. The Labute approximate surface area is 160 Å². The van der Waals surface area contributed by atoms with Gasteiger partial charge in [0.1, 0.15) is 5.75 Å². The van der Waals surface area contributed by atoms with Crippen LogP contribution in [0.15, 0.2) is 28.7 Å². The van der Waals surface area contributed by atoms with Crippen LogP contribution in [0, 0.1) is 0 Å². The van der Waals surface area contributed by atoms with Gasteiger partial charge in [-0.05, 0) is 49.8 Å². The summed E-state index contributed by atoms with van der Waals surface area (Å²) in [5.41, 5.74) is 1.20. The molecule has 1 aromatic carbocycles. The van der Waals surface area contributed by atoms with Crippen molar-refractivity contribution in [3.63, 3.8) is 0 Å². The van der Waals surface area contributed by atoms with E-state index in [2.05, 4.69) is 17.1 Å². The first-order valence-corrected chi connectivity index (χ1v) is 9.93. The van der Waals surface area contributed by atoms with Crippen molar-refractivity contribution in [3.05, 3.63) is 41.6 Å². The number of amides is 1. The highest BCUT2D eigenvalue weighted by Gasteiger charge is 2.25. The lowest BCUT2D eigenvalue weighted by atomic mass is 9.99. The fourth-order valence-corrected chi connectivity index (χ4v) is 3.64. The Morgan fingerprint density at radius 2 is 1.89 bits per heavy atom. The maximum absolute atomic E-state index is 12.5. The van der Waals surface area contributed by atoms with Crippen LogP contribution in [0.5, 0.6) is 5.75 Å². The number of likely N-dealkylation sites (tertiary alicyclic amines) is 1. The van der Waals surface area contributed by atoms with Crippen LogP contribution in [0.4, 0.5) is 0 Å². The van der Waals surface area contributed by atoms with Gasteiger partial charge in [0.05, 0.1) is 7.11 Å². The molecule has 0 spiro atoms. The number of aromatic nitrogens is 2. The van der Waals surface area contributed by atoms with Crippen LogP contribution in [0.1, 0.15) is 56.4 Å². The summed E-state index contributed by atoms with van der Waals surface area (Å²) in [7, 11) is 1.66. The highest BCUT2D eigenvalue weighted by Crippen LogP contribution is 2.21. The van der Waals surface area contributed by atoms with E-state index in [0.29, 0.717) is 37.1 Å². The van der Waals surface area contributed by atoms with Crippen LogP contribution in [0.3, 0.4) is 0 Å². The lowest BCUT2D eigenvalue weighted by molar-refractivity contribution is -0.135. The summed E-state index contributed by atoms with van der Waals surface area (Å²) in [6.07, 6.45) is 6.97. The molecule has 6 nitrogen and oxygen atoms in total. The van der Waals surface area contributed by atoms with Crippen LogP contribution in [0.2, 0.25) is 0 Å². The van der Waals surface area contributed by atoms with E-state index in [0.717, 1.165) is 38.0 Å². The molecule has 1 amide bonds. The van der Waals surface area contributed by atoms with Crippen molar-refractivity contribution in [2.75, 3.05) is 13.7 Å². The van der Waals surface area contributed by atoms with Gasteiger partial charge in [-0.2, -0.15) is 0 Å². The van der Waals surface area contributed by atoms with Crippen LogP contribution in [0.25, 0.3) is 0 Å². The van der Waals surface area contributed by atoms with Crippen molar-refractivity contribution in [1.82, 2.24) is 15.1 Å². The number of ether oxygens (including phenoxy) is 1. The fraction of sp³-hybridized carbons (Fsp3) is 0.571. The molecular weight excluding hydrogens is 342 g/mol. The summed E-state index contributed by atoms with van der Waals surface area (Å²) < 4.78 is 10.9. The van der Waals surface area contributed by atoms with E-state index in [1.54, 1.807) is 7.11 Å². The van der Waals surface area contributed by atoms with Gasteiger partial charge in [-0.1, -0.05) is 19.1 Å². The molecule has 1 fully saturated rings. The topological polar surface area (TPSA) is 68.5 Å². The number of benzene rings is 1. The maximum Gasteiger partial charge on any atom is 0.223 e. The Balaban J connectivity index is 1.46. The number of piperidine rings is 1. The smallest absolute Gasteiger partial charge is 0.223 e. The van der Waals surface area contributed by atoms with E-state index in [1.807, 2.05) is 29.2 Å². The van der Waals surface area contributed by atoms with Crippen molar-refractivity contribution >= 4 is 5.91 Å². The minimum atomic E-state index is 0.208. The summed E-state index contributed by atoms with van der Waals surface area (Å²) in [5, 5.41) is 8.23. The number of hydrogen-bond donors (Lipinski definition) is 0. The second-order valence-electron chi connectivity index (χ2n) is 7.08. The standard InChI is InChI=1S/C21H29N3O3/c1-3-17-6-4-5-15-24(17)21(25)14-13-20-23-22-19(27-20)12-9-16-7-10-18(26-2)11-8-16/h7-8,10-11,17H,3-6,9,12-15H2,1-2H3. The molecule has 2 aromatic rings. The minimum Gasteiger partial charge on any atom is -0.497 e. The van der Waals surface area contributed by atoms with Gasteiger partial charge in [0, 0.05) is 31.8 Å². The van der Waals surface area contributed by atoms with Crippen molar-refractivity contribution in [2.45, 2.75) is 64.3 Å². The average molecular weight is 371 g/mol. The van der Waals surface area contributed by atoms with Gasteiger partial charge in [0.25, 0.3) is 0 Å². The monoisotopic (exact) mass is 371 g/mol. The molecule has 1 aliphatic heterocycles. The van der Waals surface area contributed by atoms with Crippen molar-refractivity contribution < 1.29 is 13.9 Å². The molecule has 27 heavy (non-hydrogen) atoms. The van der Waals surface area contributed by atoms with E-state index in [1.165, 1.54) is 12.0 Å². The number of nitrogens with zero attached hydrogens (tertiary/aromatic N) is 3. The van der Waals surface area contributed by atoms with Gasteiger partial charge < -0.3 is 14.1 Å². The molecule has 0 saturated carbocycles. The van der Waals surface area contributed by atoms with Gasteiger partial charge in [0.15, 0.2) is 0 Å². The SMILES string of the molecule is CCC1CCCCN1C(=O)CCc1nnc(CCc2ccc(OC)cc2)o1. The molecule has 0 bridgehead atoms. The van der Waals surface area contributed by atoms with Crippen LogP contribution < -0.4 is 4.74 Å². The van der Waals surface area contributed by atoms with Gasteiger partial charge in [-0.3, -0.25) is 4.79 Å². The molecule has 1 unspecified atom stereocenters. The summed E-state index contributed by atoms with van der Waals surface area (Å²) in [6, 6.07) is 8.37. The number of hydrogen-bond acceptors (Lipinski definition) is 5. The van der Waals surface area contributed by atoms with Gasteiger partial charge in [0.2, 0.25) is 17.7 Å². The first kappa shape index (κ1) is 19.4. The quantitative estimate of drug-likeness (QED) is 0.709. The molecule has 6 heteroatoms. The Morgan fingerprint density at radius 1 is 1.15 bits per heavy atom. The first-order chi connectivity index (χ1) is 13.2. The van der Waals surface area contributed by atoms with Crippen LogP contribution >= 0.6 is 0 Å². The molecule has 0 N–H and O–H groups in total. The molecule has 1 aliphatic rings. The number of carbonyl (C=O) groups is 1. The van der Waals surface area contributed by atoms with Gasteiger partial charge in [-0.25, -0.2) is 0 Å². The summed E-state index contributed by atoms with van der Waals surface area (Å²) >= 11 is 0. The number of methoxy groups -OCH3 is 1. The predicted octanol–water partition coefficient (Wildman–Crippen LogP) is 3.59. The molecule has 1 saturated heterocycles. The highest BCUT2D eigenvalue weighted by molar-refractivity contribution is 5.76. The van der Waals surface area contributed by atoms with E-state index in [4.69, 9.17) is 9.15 Å². The zero-order valence-electron chi connectivity index (χ0n) is 16.3. The molecule has 1 atom stereocenters. The predicted molar refractivity (Wildman–Crippen MR) is 103 cm³/mol. The lowest BCUT2D eigenvalue weighted by Crippen LogP contribution is -2.43. The van der Waals surface area contributed by atoms with E-state index < -0.39 is 0 Å². The second kappa shape index (κ2) is 9.53. The highest BCUT2D eigenvalue weighted by atomic mass is 16.5. The zero-order valence-corrected chi connectivity index (χ0v) is 16.3. The molecule has 146 valence electrons. The average Bonchev–Trinajstić information content (AvgIpc) is 3.18. The first-order valence-electron chi connectivity index (χ1n) is 9.93. The molecule has 2 heterocycles. The van der Waals surface area contributed by atoms with Crippen molar-refractivity contribution in [2.24, 2.45) is 0 Å². The van der Waals surface area contributed by atoms with Gasteiger partial charge in [-0.15, -0.1) is 10.2 Å². The second-order valence-corrected chi connectivity index (χ2v) is 7.08. The number of aryl methyl sites for hydroxylation is 3. The van der Waals surface area contributed by atoms with Crippen molar-refractivity contribution in [3.8, 4) is 5.75 Å². The Hall–Kier alpha value is -2.37. The Bertz CT molecular complexity index is 727. The fourth-order valence-electron chi connectivity index (χ4n) is 3.64. The number of carbonyl (C=O) groups excluding carboxylic acids is 1. The largest absolute Gasteiger partial charge is 0.497 e. The summed E-state index contributed by atoms with van der Waals surface area (Å²) in [4.78, 5) is 14.6. The number of rotatable bonds is 8. The van der Waals surface area contributed by atoms with E-state index >= 15 is 0 Å². The third-order valence-corrected chi connectivity index (χ3v) is 5.27. The molecule has 1 aromatic heterocycles.